The fraction of sp³-hybridized carbons (Fsp3) is 0.300. The molecule has 0 aliphatic rings. The third kappa shape index (κ3) is 2.44. The van der Waals surface area contributed by atoms with Gasteiger partial charge in [0.25, 0.3) is 0 Å². The van der Waals surface area contributed by atoms with Crippen LogP contribution in [0.25, 0.3) is 0 Å². The van der Waals surface area contributed by atoms with E-state index < -0.39 is 11.8 Å². The Morgan fingerprint density at radius 3 is 2.44 bits per heavy atom. The van der Waals surface area contributed by atoms with Gasteiger partial charge < -0.3 is 14.6 Å². The Bertz CT molecular complexity index is 420. The lowest BCUT2D eigenvalue weighted by atomic mass is 10.1. The largest absolute Gasteiger partial charge is 0.492 e. The van der Waals surface area contributed by atoms with Gasteiger partial charge in [-0.2, -0.15) is 0 Å². The van der Waals surface area contributed by atoms with Crippen LogP contribution >= 0.6 is 15.9 Å². The van der Waals surface area contributed by atoms with E-state index in [0.717, 1.165) is 0 Å². The summed E-state index contributed by atoms with van der Waals surface area (Å²) in [5.41, 5.74) is 0.347. The molecule has 0 unspecified atom stereocenters. The summed E-state index contributed by atoms with van der Waals surface area (Å²) in [5, 5.41) is 8.71. The number of rotatable bonds is 4. The van der Waals surface area contributed by atoms with Crippen molar-refractivity contribution in [2.24, 2.45) is 0 Å². The average molecular weight is 293 g/mol. The zero-order valence-corrected chi connectivity index (χ0v) is 10.3. The van der Waals surface area contributed by atoms with Gasteiger partial charge >= 0.3 is 5.97 Å². The van der Waals surface area contributed by atoms with Crippen LogP contribution in [0.5, 0.6) is 11.5 Å². The number of carboxylic acids is 1. The van der Waals surface area contributed by atoms with E-state index in [-0.39, 0.29) is 22.4 Å². The molecule has 1 N–H and O–H groups in total. The molecule has 0 saturated carbocycles. The topological polar surface area (TPSA) is 55.8 Å². The van der Waals surface area contributed by atoms with Crippen molar-refractivity contribution in [1.29, 1.82) is 0 Å². The predicted molar refractivity (Wildman–Crippen MR) is 58.5 cm³/mol. The van der Waals surface area contributed by atoms with Crippen molar-refractivity contribution >= 4 is 21.9 Å². The molecule has 16 heavy (non-hydrogen) atoms. The number of hydrogen-bond donors (Lipinski definition) is 1. The van der Waals surface area contributed by atoms with Crippen molar-refractivity contribution < 1.29 is 23.8 Å². The fourth-order valence-corrected chi connectivity index (χ4v) is 1.79. The molecular weight excluding hydrogens is 283 g/mol. The van der Waals surface area contributed by atoms with Crippen LogP contribution in [0.15, 0.2) is 10.5 Å². The highest BCUT2D eigenvalue weighted by Crippen LogP contribution is 2.38. The minimum atomic E-state index is -1.03. The van der Waals surface area contributed by atoms with Gasteiger partial charge in [-0.05, 0) is 22.0 Å². The van der Waals surface area contributed by atoms with Gasteiger partial charge in [-0.15, -0.1) is 0 Å². The maximum Gasteiger partial charge on any atom is 0.307 e. The first-order valence-corrected chi connectivity index (χ1v) is 5.11. The summed E-state index contributed by atoms with van der Waals surface area (Å²) in [6.07, 6.45) is -0.265. The molecule has 1 aromatic rings. The number of carbonyl (C=O) groups is 1. The smallest absolute Gasteiger partial charge is 0.307 e. The van der Waals surface area contributed by atoms with Gasteiger partial charge in [0.1, 0.15) is 0 Å². The minimum Gasteiger partial charge on any atom is -0.492 e. The Morgan fingerprint density at radius 1 is 1.44 bits per heavy atom. The van der Waals surface area contributed by atoms with E-state index in [4.69, 9.17) is 14.6 Å². The first-order chi connectivity index (χ1) is 7.51. The lowest BCUT2D eigenvalue weighted by molar-refractivity contribution is -0.136. The number of benzene rings is 1. The molecule has 0 bridgehead atoms. The monoisotopic (exact) mass is 292 g/mol. The van der Waals surface area contributed by atoms with Gasteiger partial charge in [0.15, 0.2) is 17.3 Å². The Balaban J connectivity index is 3.37. The number of hydrogen-bond acceptors (Lipinski definition) is 3. The highest BCUT2D eigenvalue weighted by Gasteiger charge is 2.20. The molecule has 0 aliphatic carbocycles. The SMILES string of the molecule is COc1c(CC(=O)O)cc(Br)c(F)c1OC. The van der Waals surface area contributed by atoms with Crippen molar-refractivity contribution in [3.05, 3.63) is 21.9 Å². The third-order valence-corrected chi connectivity index (χ3v) is 2.53. The second kappa shape index (κ2) is 5.16. The molecule has 0 radical (unpaired) electrons. The van der Waals surface area contributed by atoms with E-state index in [1.807, 2.05) is 0 Å². The zero-order chi connectivity index (χ0) is 12.3. The molecule has 1 rings (SSSR count). The number of aliphatic carboxylic acids is 1. The molecule has 0 fully saturated rings. The van der Waals surface area contributed by atoms with Gasteiger partial charge in [0, 0.05) is 5.56 Å². The third-order valence-electron chi connectivity index (χ3n) is 1.96. The zero-order valence-electron chi connectivity index (χ0n) is 8.71. The lowest BCUT2D eigenvalue weighted by Gasteiger charge is -2.13. The molecule has 0 aliphatic heterocycles. The van der Waals surface area contributed by atoms with Gasteiger partial charge in [-0.3, -0.25) is 4.79 Å². The lowest BCUT2D eigenvalue weighted by Crippen LogP contribution is -2.05. The van der Waals surface area contributed by atoms with Crippen LogP contribution < -0.4 is 9.47 Å². The maximum absolute atomic E-state index is 13.6. The van der Waals surface area contributed by atoms with Crippen molar-refractivity contribution in [1.82, 2.24) is 0 Å². The van der Waals surface area contributed by atoms with E-state index in [0.29, 0.717) is 5.56 Å². The van der Waals surface area contributed by atoms with Gasteiger partial charge in [0.05, 0.1) is 25.1 Å². The van der Waals surface area contributed by atoms with E-state index in [1.54, 1.807) is 0 Å². The molecule has 1 aromatic carbocycles. The van der Waals surface area contributed by atoms with Gasteiger partial charge in [0.2, 0.25) is 0 Å². The quantitative estimate of drug-likeness (QED) is 0.925. The molecule has 4 nitrogen and oxygen atoms in total. The summed E-state index contributed by atoms with van der Waals surface area (Å²) >= 11 is 2.99. The Labute approximate surface area is 100 Å². The van der Waals surface area contributed by atoms with Gasteiger partial charge in [-0.25, -0.2) is 4.39 Å². The summed E-state index contributed by atoms with van der Waals surface area (Å²) < 4.78 is 23.5. The minimum absolute atomic E-state index is 0.102. The van der Waals surface area contributed by atoms with Crippen LogP contribution in [0.2, 0.25) is 0 Å². The molecule has 6 heteroatoms. The fourth-order valence-electron chi connectivity index (χ4n) is 1.34. The Kier molecular flexibility index (Phi) is 4.12. The summed E-state index contributed by atoms with van der Waals surface area (Å²) in [6, 6.07) is 1.37. The molecule has 0 aromatic heterocycles. The maximum atomic E-state index is 13.6. The Hall–Kier alpha value is -1.30. The first kappa shape index (κ1) is 12.8. The second-order valence-electron chi connectivity index (χ2n) is 2.97. The van der Waals surface area contributed by atoms with E-state index in [9.17, 15) is 9.18 Å². The van der Waals surface area contributed by atoms with Crippen molar-refractivity contribution in [3.63, 3.8) is 0 Å². The van der Waals surface area contributed by atoms with E-state index >= 15 is 0 Å². The van der Waals surface area contributed by atoms with Crippen LogP contribution in [0.1, 0.15) is 5.56 Å². The summed E-state index contributed by atoms with van der Waals surface area (Å²) in [5.74, 6) is -1.65. The van der Waals surface area contributed by atoms with Crippen LogP contribution in [0.3, 0.4) is 0 Å². The van der Waals surface area contributed by atoms with E-state index in [2.05, 4.69) is 15.9 Å². The molecule has 0 amide bonds. The van der Waals surface area contributed by atoms with Crippen molar-refractivity contribution in [2.75, 3.05) is 14.2 Å². The second-order valence-corrected chi connectivity index (χ2v) is 3.82. The molecule has 0 atom stereocenters. The summed E-state index contributed by atoms with van der Waals surface area (Å²) in [6.45, 7) is 0. The van der Waals surface area contributed by atoms with Crippen molar-refractivity contribution in [3.8, 4) is 11.5 Å². The van der Waals surface area contributed by atoms with Gasteiger partial charge in [-0.1, -0.05) is 0 Å². The normalized spacial score (nSPS) is 10.0. The average Bonchev–Trinajstić information content (AvgIpc) is 2.21. The number of ether oxygens (including phenoxy) is 2. The van der Waals surface area contributed by atoms with Crippen LogP contribution in [0.4, 0.5) is 4.39 Å². The van der Waals surface area contributed by atoms with Crippen LogP contribution in [-0.4, -0.2) is 25.3 Å². The summed E-state index contributed by atoms with van der Waals surface area (Å²) in [4.78, 5) is 10.6. The van der Waals surface area contributed by atoms with Crippen molar-refractivity contribution in [2.45, 2.75) is 6.42 Å². The van der Waals surface area contributed by atoms with Crippen LogP contribution in [-0.2, 0) is 11.2 Å². The highest BCUT2D eigenvalue weighted by molar-refractivity contribution is 9.10. The summed E-state index contributed by atoms with van der Waals surface area (Å²) in [7, 11) is 2.62. The Morgan fingerprint density at radius 2 is 2.00 bits per heavy atom. The number of carboxylic acid groups (broad SMARTS) is 1. The molecule has 88 valence electrons. The first-order valence-electron chi connectivity index (χ1n) is 4.31. The standard InChI is InChI=1S/C10H10BrFO4/c1-15-9-5(4-7(13)14)3-6(11)8(12)10(9)16-2/h3H,4H2,1-2H3,(H,13,14). The number of halogens is 2. The molecular formula is C10H10BrFO4. The molecule has 0 heterocycles. The highest BCUT2D eigenvalue weighted by atomic mass is 79.9. The predicted octanol–water partition coefficient (Wildman–Crippen LogP) is 2.23. The molecule has 0 saturated heterocycles. The molecule has 0 spiro atoms. The van der Waals surface area contributed by atoms with Crippen LogP contribution in [0, 0.1) is 5.82 Å². The van der Waals surface area contributed by atoms with E-state index in [1.165, 1.54) is 20.3 Å². The number of methoxy groups -OCH3 is 2.